The van der Waals surface area contributed by atoms with Crippen molar-refractivity contribution >= 4 is 0 Å². The fourth-order valence-electron chi connectivity index (χ4n) is 1.26. The molecule has 2 heteroatoms. The van der Waals surface area contributed by atoms with E-state index >= 15 is 0 Å². The van der Waals surface area contributed by atoms with Crippen molar-refractivity contribution in [1.29, 1.82) is 0 Å². The van der Waals surface area contributed by atoms with Gasteiger partial charge in [-0.1, -0.05) is 30.3 Å². The van der Waals surface area contributed by atoms with Gasteiger partial charge in [-0.25, -0.2) is 0 Å². The van der Waals surface area contributed by atoms with Crippen LogP contribution in [0, 0.1) is 0 Å². The van der Waals surface area contributed by atoms with Gasteiger partial charge in [-0.3, -0.25) is 0 Å². The van der Waals surface area contributed by atoms with Crippen LogP contribution in [0.1, 0.15) is 18.3 Å². The summed E-state index contributed by atoms with van der Waals surface area (Å²) in [6.07, 6.45) is 4.37. The summed E-state index contributed by atoms with van der Waals surface area (Å²) in [4.78, 5) is 0. The van der Waals surface area contributed by atoms with Gasteiger partial charge >= 0.3 is 0 Å². The Balaban J connectivity index is 2.12. The molecule has 0 fully saturated rings. The largest absolute Gasteiger partial charge is 0.469 e. The Kier molecular flexibility index (Phi) is 2.62. The van der Waals surface area contributed by atoms with E-state index in [9.17, 15) is 0 Å². The van der Waals surface area contributed by atoms with E-state index in [0.29, 0.717) is 0 Å². The first-order valence-corrected chi connectivity index (χ1v) is 4.44. The zero-order valence-electron chi connectivity index (χ0n) is 7.35. The molecule has 1 aromatic rings. The molecule has 0 saturated heterocycles. The average molecular weight is 176 g/mol. The van der Waals surface area contributed by atoms with Crippen LogP contribution in [0.5, 0.6) is 0 Å². The molecule has 2 nitrogen and oxygen atoms in total. The maximum Gasteiger partial charge on any atom is 0.225 e. The number of ether oxygens (including phenoxy) is 2. The second-order valence-electron chi connectivity index (χ2n) is 2.91. The summed E-state index contributed by atoms with van der Waals surface area (Å²) in [5, 5.41) is 0. The smallest absolute Gasteiger partial charge is 0.225 e. The molecule has 0 bridgehead atoms. The highest BCUT2D eigenvalue weighted by Crippen LogP contribution is 2.20. The normalized spacial score (nSPS) is 22.0. The lowest BCUT2D eigenvalue weighted by molar-refractivity contribution is -0.102. The minimum absolute atomic E-state index is 0.236. The quantitative estimate of drug-likeness (QED) is 0.654. The van der Waals surface area contributed by atoms with Crippen molar-refractivity contribution in [1.82, 2.24) is 0 Å². The summed E-state index contributed by atoms with van der Waals surface area (Å²) >= 11 is 0. The summed E-state index contributed by atoms with van der Waals surface area (Å²) in [5.74, 6) is 0. The molecule has 0 N–H and O–H groups in total. The topological polar surface area (TPSA) is 18.5 Å². The van der Waals surface area contributed by atoms with E-state index in [0.717, 1.165) is 18.6 Å². The van der Waals surface area contributed by atoms with E-state index < -0.39 is 0 Å². The first kappa shape index (κ1) is 8.32. The van der Waals surface area contributed by atoms with Crippen LogP contribution >= 0.6 is 0 Å². The second kappa shape index (κ2) is 4.10. The van der Waals surface area contributed by atoms with E-state index in [1.165, 1.54) is 0 Å². The fraction of sp³-hybridized carbons (Fsp3) is 0.273. The van der Waals surface area contributed by atoms with E-state index in [1.807, 2.05) is 36.4 Å². The van der Waals surface area contributed by atoms with E-state index in [4.69, 9.17) is 9.47 Å². The molecule has 1 aromatic carbocycles. The Morgan fingerprint density at radius 3 is 2.85 bits per heavy atom. The highest BCUT2D eigenvalue weighted by Gasteiger charge is 2.11. The van der Waals surface area contributed by atoms with Gasteiger partial charge in [0.15, 0.2) is 0 Å². The van der Waals surface area contributed by atoms with Crippen molar-refractivity contribution < 1.29 is 9.47 Å². The first-order chi connectivity index (χ1) is 6.47. The van der Waals surface area contributed by atoms with Crippen LogP contribution in [-0.2, 0) is 9.47 Å². The molecular formula is C11H12O2. The third-order valence-electron chi connectivity index (χ3n) is 1.92. The SMILES string of the molecule is C1=CO[C@H](c2ccccc2)OCC1. The van der Waals surface area contributed by atoms with E-state index in [2.05, 4.69) is 0 Å². The molecule has 1 aliphatic heterocycles. The van der Waals surface area contributed by atoms with Crippen molar-refractivity contribution in [3.63, 3.8) is 0 Å². The van der Waals surface area contributed by atoms with Gasteiger partial charge in [-0.2, -0.15) is 0 Å². The zero-order chi connectivity index (χ0) is 8.93. The van der Waals surface area contributed by atoms with Crippen LogP contribution in [0.2, 0.25) is 0 Å². The molecule has 0 radical (unpaired) electrons. The number of hydrogen-bond acceptors (Lipinski definition) is 2. The van der Waals surface area contributed by atoms with Gasteiger partial charge in [0.2, 0.25) is 6.29 Å². The predicted octanol–water partition coefficient (Wildman–Crippen LogP) is 2.64. The highest BCUT2D eigenvalue weighted by atomic mass is 16.7. The lowest BCUT2D eigenvalue weighted by atomic mass is 10.2. The summed E-state index contributed by atoms with van der Waals surface area (Å²) in [6, 6.07) is 9.96. The molecule has 0 spiro atoms. The molecule has 0 saturated carbocycles. The highest BCUT2D eigenvalue weighted by molar-refractivity contribution is 5.16. The molecule has 0 aliphatic carbocycles. The van der Waals surface area contributed by atoms with Gasteiger partial charge in [0.25, 0.3) is 0 Å². The zero-order valence-corrected chi connectivity index (χ0v) is 7.35. The lowest BCUT2D eigenvalue weighted by Gasteiger charge is -2.14. The fourth-order valence-corrected chi connectivity index (χ4v) is 1.26. The Morgan fingerprint density at radius 2 is 2.00 bits per heavy atom. The molecule has 13 heavy (non-hydrogen) atoms. The minimum atomic E-state index is -0.236. The first-order valence-electron chi connectivity index (χ1n) is 4.44. The molecule has 0 amide bonds. The molecule has 68 valence electrons. The number of rotatable bonds is 1. The van der Waals surface area contributed by atoms with Crippen LogP contribution in [0.25, 0.3) is 0 Å². The van der Waals surface area contributed by atoms with Crippen LogP contribution in [0.3, 0.4) is 0 Å². The lowest BCUT2D eigenvalue weighted by Crippen LogP contribution is -2.04. The van der Waals surface area contributed by atoms with Gasteiger partial charge in [-0.15, -0.1) is 0 Å². The van der Waals surface area contributed by atoms with Crippen molar-refractivity contribution in [3.8, 4) is 0 Å². The third-order valence-corrected chi connectivity index (χ3v) is 1.92. The Hall–Kier alpha value is -1.28. The monoisotopic (exact) mass is 176 g/mol. The Labute approximate surface area is 77.8 Å². The van der Waals surface area contributed by atoms with Crippen LogP contribution in [0.4, 0.5) is 0 Å². The van der Waals surface area contributed by atoms with Gasteiger partial charge in [0, 0.05) is 5.56 Å². The maximum atomic E-state index is 5.50. The second-order valence-corrected chi connectivity index (χ2v) is 2.91. The summed E-state index contributed by atoms with van der Waals surface area (Å²) in [6.45, 7) is 0.718. The number of benzene rings is 1. The van der Waals surface area contributed by atoms with E-state index in [1.54, 1.807) is 6.26 Å². The van der Waals surface area contributed by atoms with Gasteiger partial charge in [-0.05, 0) is 12.5 Å². The van der Waals surface area contributed by atoms with Crippen LogP contribution < -0.4 is 0 Å². The van der Waals surface area contributed by atoms with Gasteiger partial charge < -0.3 is 9.47 Å². The minimum Gasteiger partial charge on any atom is -0.469 e. The molecule has 0 aromatic heterocycles. The third kappa shape index (κ3) is 2.10. The van der Waals surface area contributed by atoms with E-state index in [-0.39, 0.29) is 6.29 Å². The van der Waals surface area contributed by atoms with Crippen molar-refractivity contribution in [2.75, 3.05) is 6.61 Å². The molecule has 0 unspecified atom stereocenters. The summed E-state index contributed by atoms with van der Waals surface area (Å²) in [7, 11) is 0. The Bertz CT molecular complexity index is 279. The van der Waals surface area contributed by atoms with Crippen molar-refractivity contribution in [2.45, 2.75) is 12.7 Å². The Morgan fingerprint density at radius 1 is 1.15 bits per heavy atom. The molecule has 1 atom stereocenters. The average Bonchev–Trinajstić information content (AvgIpc) is 2.47. The number of hydrogen-bond donors (Lipinski definition) is 0. The van der Waals surface area contributed by atoms with Gasteiger partial charge in [0.1, 0.15) is 0 Å². The summed E-state index contributed by atoms with van der Waals surface area (Å²) in [5.41, 5.74) is 1.06. The standard InChI is InChI=1S/C11H12O2/c1-2-6-10(7-3-1)11-12-8-4-5-9-13-11/h1-4,6-8,11H,5,9H2/t11-/m0/s1. The van der Waals surface area contributed by atoms with Crippen molar-refractivity contribution in [2.24, 2.45) is 0 Å². The summed E-state index contributed by atoms with van der Waals surface area (Å²) < 4.78 is 10.9. The van der Waals surface area contributed by atoms with Gasteiger partial charge in [0.05, 0.1) is 12.9 Å². The predicted molar refractivity (Wildman–Crippen MR) is 50.0 cm³/mol. The maximum absolute atomic E-state index is 5.50. The van der Waals surface area contributed by atoms with Crippen molar-refractivity contribution in [3.05, 3.63) is 48.2 Å². The molecule has 2 rings (SSSR count). The molecule has 1 aliphatic rings. The van der Waals surface area contributed by atoms with Crippen LogP contribution in [0.15, 0.2) is 42.7 Å². The molecular weight excluding hydrogens is 164 g/mol. The molecule has 1 heterocycles. The van der Waals surface area contributed by atoms with Crippen LogP contribution in [-0.4, -0.2) is 6.61 Å².